The molecule has 0 saturated carbocycles. The van der Waals surface area contributed by atoms with Gasteiger partial charge in [-0.25, -0.2) is 0 Å². The van der Waals surface area contributed by atoms with Gasteiger partial charge >= 0.3 is 5.97 Å². The number of rotatable bonds is 5. The molecule has 20 heavy (non-hydrogen) atoms. The standard InChI is InChI=1S/C14H22ClN3O2/c1-4-18-12(13(15)10(3)16-18)9-17-8-6-7-11(17)14(19)20-5-2/h11H,4-9H2,1-3H3. The predicted octanol–water partition coefficient (Wildman–Crippen LogP) is 2.39. The highest BCUT2D eigenvalue weighted by atomic mass is 35.5. The van der Waals surface area contributed by atoms with Crippen molar-refractivity contribution >= 4 is 17.6 Å². The second kappa shape index (κ2) is 6.59. The van der Waals surface area contributed by atoms with E-state index in [4.69, 9.17) is 16.3 Å². The van der Waals surface area contributed by atoms with Crippen LogP contribution in [0.25, 0.3) is 0 Å². The molecule has 1 aromatic rings. The van der Waals surface area contributed by atoms with Gasteiger partial charge < -0.3 is 4.74 Å². The minimum Gasteiger partial charge on any atom is -0.465 e. The van der Waals surface area contributed by atoms with E-state index in [1.54, 1.807) is 0 Å². The van der Waals surface area contributed by atoms with E-state index in [9.17, 15) is 4.79 Å². The quantitative estimate of drug-likeness (QED) is 0.783. The Labute approximate surface area is 124 Å². The van der Waals surface area contributed by atoms with Crippen LogP contribution in [0.4, 0.5) is 0 Å². The number of aryl methyl sites for hydroxylation is 2. The van der Waals surface area contributed by atoms with Crippen LogP contribution in [0.2, 0.25) is 5.02 Å². The number of hydrogen-bond donors (Lipinski definition) is 0. The average molecular weight is 300 g/mol. The normalized spacial score (nSPS) is 19.5. The zero-order valence-electron chi connectivity index (χ0n) is 12.4. The van der Waals surface area contributed by atoms with E-state index in [1.807, 2.05) is 25.5 Å². The predicted molar refractivity (Wildman–Crippen MR) is 77.7 cm³/mol. The minimum absolute atomic E-state index is 0.125. The van der Waals surface area contributed by atoms with Gasteiger partial charge in [0.2, 0.25) is 0 Å². The Kier molecular flexibility index (Phi) is 5.05. The van der Waals surface area contributed by atoms with Gasteiger partial charge in [-0.2, -0.15) is 5.10 Å². The molecule has 1 aliphatic heterocycles. The number of carbonyl (C=O) groups is 1. The summed E-state index contributed by atoms with van der Waals surface area (Å²) in [6, 6.07) is -0.147. The van der Waals surface area contributed by atoms with E-state index in [-0.39, 0.29) is 12.0 Å². The van der Waals surface area contributed by atoms with Crippen LogP contribution in [-0.4, -0.2) is 39.8 Å². The molecule has 5 nitrogen and oxygen atoms in total. The maximum absolute atomic E-state index is 12.0. The number of halogens is 1. The van der Waals surface area contributed by atoms with Crippen LogP contribution < -0.4 is 0 Å². The van der Waals surface area contributed by atoms with Crippen molar-refractivity contribution in [2.45, 2.75) is 52.7 Å². The lowest BCUT2D eigenvalue weighted by Gasteiger charge is -2.23. The Morgan fingerprint density at radius 3 is 2.90 bits per heavy atom. The molecule has 1 saturated heterocycles. The van der Waals surface area contributed by atoms with Gasteiger partial charge in [0.25, 0.3) is 0 Å². The zero-order valence-corrected chi connectivity index (χ0v) is 13.1. The first-order valence-corrected chi connectivity index (χ1v) is 7.58. The molecule has 2 rings (SSSR count). The average Bonchev–Trinajstić information content (AvgIpc) is 2.99. The minimum atomic E-state index is -0.147. The smallest absolute Gasteiger partial charge is 0.323 e. The number of esters is 1. The Bertz CT molecular complexity index is 487. The Hall–Kier alpha value is -1.07. The van der Waals surface area contributed by atoms with Gasteiger partial charge in [-0.3, -0.25) is 14.4 Å². The van der Waals surface area contributed by atoms with Gasteiger partial charge in [0.15, 0.2) is 0 Å². The second-order valence-electron chi connectivity index (χ2n) is 5.04. The first kappa shape index (κ1) is 15.3. The van der Waals surface area contributed by atoms with Crippen molar-refractivity contribution in [2.24, 2.45) is 0 Å². The van der Waals surface area contributed by atoms with Crippen LogP contribution in [0.5, 0.6) is 0 Å². The summed E-state index contributed by atoms with van der Waals surface area (Å²) in [6.07, 6.45) is 1.87. The van der Waals surface area contributed by atoms with Crippen molar-refractivity contribution in [1.29, 1.82) is 0 Å². The van der Waals surface area contributed by atoms with Crippen molar-refractivity contribution in [3.05, 3.63) is 16.4 Å². The number of ether oxygens (including phenoxy) is 1. The fourth-order valence-electron chi connectivity index (χ4n) is 2.73. The first-order chi connectivity index (χ1) is 9.58. The second-order valence-corrected chi connectivity index (χ2v) is 5.42. The van der Waals surface area contributed by atoms with E-state index in [1.165, 1.54) is 0 Å². The Balaban J connectivity index is 2.14. The molecule has 1 fully saturated rings. The summed E-state index contributed by atoms with van der Waals surface area (Å²) in [7, 11) is 0. The van der Waals surface area contributed by atoms with Gasteiger partial charge in [-0.1, -0.05) is 11.6 Å². The number of aromatic nitrogens is 2. The summed E-state index contributed by atoms with van der Waals surface area (Å²) in [5, 5.41) is 5.13. The molecular formula is C14H22ClN3O2. The van der Waals surface area contributed by atoms with E-state index in [2.05, 4.69) is 10.00 Å². The van der Waals surface area contributed by atoms with Gasteiger partial charge in [0, 0.05) is 13.1 Å². The number of carbonyl (C=O) groups excluding carboxylic acids is 1. The van der Waals surface area contributed by atoms with E-state index >= 15 is 0 Å². The fraction of sp³-hybridized carbons (Fsp3) is 0.714. The van der Waals surface area contributed by atoms with Crippen LogP contribution in [0.1, 0.15) is 38.1 Å². The highest BCUT2D eigenvalue weighted by molar-refractivity contribution is 6.31. The number of likely N-dealkylation sites (tertiary alicyclic amines) is 1. The van der Waals surface area contributed by atoms with Gasteiger partial charge in [0.1, 0.15) is 6.04 Å². The summed E-state index contributed by atoms with van der Waals surface area (Å²) in [4.78, 5) is 14.1. The van der Waals surface area contributed by atoms with Gasteiger partial charge in [0.05, 0.1) is 23.0 Å². The number of hydrogen-bond acceptors (Lipinski definition) is 4. The van der Waals surface area contributed by atoms with Crippen molar-refractivity contribution in [2.75, 3.05) is 13.2 Å². The third kappa shape index (κ3) is 2.99. The molecule has 112 valence electrons. The third-order valence-corrected chi connectivity index (χ3v) is 4.22. The fourth-order valence-corrected chi connectivity index (χ4v) is 2.93. The molecule has 0 amide bonds. The lowest BCUT2D eigenvalue weighted by Crippen LogP contribution is -2.37. The van der Waals surface area contributed by atoms with E-state index in [0.29, 0.717) is 18.2 Å². The van der Waals surface area contributed by atoms with Crippen LogP contribution in [0, 0.1) is 6.92 Å². The highest BCUT2D eigenvalue weighted by Gasteiger charge is 2.33. The summed E-state index contributed by atoms with van der Waals surface area (Å²) in [5.74, 6) is -0.125. The topological polar surface area (TPSA) is 47.4 Å². The first-order valence-electron chi connectivity index (χ1n) is 7.20. The number of nitrogens with zero attached hydrogens (tertiary/aromatic N) is 3. The monoisotopic (exact) mass is 299 g/mol. The lowest BCUT2D eigenvalue weighted by atomic mass is 10.2. The summed E-state index contributed by atoms with van der Waals surface area (Å²) >= 11 is 6.33. The summed E-state index contributed by atoms with van der Waals surface area (Å²) in [5.41, 5.74) is 1.83. The SMILES string of the molecule is CCOC(=O)C1CCCN1Cc1c(Cl)c(C)nn1CC. The molecule has 0 N–H and O–H groups in total. The van der Waals surface area contributed by atoms with Crippen molar-refractivity contribution in [1.82, 2.24) is 14.7 Å². The van der Waals surface area contributed by atoms with Gasteiger partial charge in [-0.15, -0.1) is 0 Å². The summed E-state index contributed by atoms with van der Waals surface area (Å²) in [6.45, 7) is 8.54. The molecule has 0 aliphatic carbocycles. The zero-order chi connectivity index (χ0) is 14.7. The molecule has 2 heterocycles. The van der Waals surface area contributed by atoms with Crippen molar-refractivity contribution in [3.63, 3.8) is 0 Å². The van der Waals surface area contributed by atoms with Crippen molar-refractivity contribution < 1.29 is 9.53 Å². The maximum atomic E-state index is 12.0. The van der Waals surface area contributed by atoms with Crippen LogP contribution in [-0.2, 0) is 22.6 Å². The van der Waals surface area contributed by atoms with Crippen LogP contribution >= 0.6 is 11.6 Å². The van der Waals surface area contributed by atoms with E-state index < -0.39 is 0 Å². The maximum Gasteiger partial charge on any atom is 0.323 e. The van der Waals surface area contributed by atoms with Gasteiger partial charge in [-0.05, 0) is 40.2 Å². The molecule has 0 aromatic carbocycles. The molecule has 1 aliphatic rings. The Morgan fingerprint density at radius 2 is 2.25 bits per heavy atom. The highest BCUT2D eigenvalue weighted by Crippen LogP contribution is 2.26. The molecule has 0 spiro atoms. The summed E-state index contributed by atoms with van der Waals surface area (Å²) < 4.78 is 7.06. The molecule has 0 radical (unpaired) electrons. The van der Waals surface area contributed by atoms with Crippen LogP contribution in [0.3, 0.4) is 0 Å². The molecule has 1 atom stereocenters. The van der Waals surface area contributed by atoms with E-state index in [0.717, 1.165) is 37.3 Å². The Morgan fingerprint density at radius 1 is 1.50 bits per heavy atom. The molecular weight excluding hydrogens is 278 g/mol. The van der Waals surface area contributed by atoms with Crippen LogP contribution in [0.15, 0.2) is 0 Å². The van der Waals surface area contributed by atoms with Crippen molar-refractivity contribution in [3.8, 4) is 0 Å². The molecule has 1 unspecified atom stereocenters. The molecule has 0 bridgehead atoms. The molecule has 6 heteroatoms. The lowest BCUT2D eigenvalue weighted by molar-refractivity contribution is -0.148. The largest absolute Gasteiger partial charge is 0.465 e. The third-order valence-electron chi connectivity index (χ3n) is 3.73. The molecule has 1 aromatic heterocycles.